The van der Waals surface area contributed by atoms with Crippen LogP contribution in [-0.4, -0.2) is 19.5 Å². The van der Waals surface area contributed by atoms with Gasteiger partial charge in [-0.05, 0) is 66.3 Å². The van der Waals surface area contributed by atoms with Crippen LogP contribution in [-0.2, 0) is 13.0 Å². The average Bonchev–Trinajstić information content (AvgIpc) is 3.59. The van der Waals surface area contributed by atoms with Crippen LogP contribution < -0.4 is 10.5 Å². The molecule has 4 heterocycles. The van der Waals surface area contributed by atoms with Crippen LogP contribution in [0.25, 0.3) is 16.8 Å². The number of imidazole rings is 1. The minimum Gasteiger partial charge on any atom is -0.488 e. The van der Waals surface area contributed by atoms with Crippen molar-refractivity contribution in [3.8, 4) is 5.75 Å². The summed E-state index contributed by atoms with van der Waals surface area (Å²) < 4.78 is 27.2. The first-order chi connectivity index (χ1) is 18.0. The van der Waals surface area contributed by atoms with Crippen molar-refractivity contribution >= 4 is 16.8 Å². The standard InChI is InChI=1S/C29H23FN4O3/c1-16(28-32-29(35)37-33-28)26-21-9-5-17(12-19(21)15-36-24-14-20(30)8-10-22(24)26)13-23-27(18-6-7-18)31-25-4-2-3-11-34(23)25/h2-5,8-12,14,18H,6-7,13,15H2,1H3,(H,32,33,35)/b26-16+. The molecule has 37 heavy (non-hydrogen) atoms. The van der Waals surface area contributed by atoms with Gasteiger partial charge in [0.1, 0.15) is 23.8 Å². The Morgan fingerprint density at radius 3 is 2.81 bits per heavy atom. The molecule has 2 aromatic carbocycles. The Kier molecular flexibility index (Phi) is 4.89. The van der Waals surface area contributed by atoms with E-state index in [0.29, 0.717) is 23.1 Å². The average molecular weight is 495 g/mol. The first-order valence-corrected chi connectivity index (χ1v) is 12.3. The second kappa shape index (κ2) is 8.30. The van der Waals surface area contributed by atoms with Crippen LogP contribution in [0.4, 0.5) is 4.39 Å². The van der Waals surface area contributed by atoms with Crippen LogP contribution >= 0.6 is 0 Å². The van der Waals surface area contributed by atoms with Crippen LogP contribution in [0.2, 0.25) is 0 Å². The fourth-order valence-electron chi connectivity index (χ4n) is 5.27. The molecule has 0 amide bonds. The summed E-state index contributed by atoms with van der Waals surface area (Å²) in [7, 11) is 0. The first kappa shape index (κ1) is 21.8. The van der Waals surface area contributed by atoms with E-state index in [1.807, 2.05) is 25.1 Å². The second-order valence-corrected chi connectivity index (χ2v) is 9.69. The van der Waals surface area contributed by atoms with E-state index in [2.05, 4.69) is 38.9 Å². The maximum absolute atomic E-state index is 14.1. The highest BCUT2D eigenvalue weighted by Gasteiger charge is 2.30. The topological polar surface area (TPSA) is 85.4 Å². The van der Waals surface area contributed by atoms with Crippen molar-refractivity contribution in [1.82, 2.24) is 19.5 Å². The normalized spacial score (nSPS) is 16.2. The van der Waals surface area contributed by atoms with Gasteiger partial charge in [-0.3, -0.25) is 9.51 Å². The Labute approximate surface area is 211 Å². The van der Waals surface area contributed by atoms with E-state index in [9.17, 15) is 9.18 Å². The minimum absolute atomic E-state index is 0.286. The molecule has 5 aromatic rings. The van der Waals surface area contributed by atoms with Gasteiger partial charge in [-0.25, -0.2) is 14.2 Å². The maximum Gasteiger partial charge on any atom is 0.439 e. The van der Waals surface area contributed by atoms with E-state index in [4.69, 9.17) is 14.2 Å². The highest BCUT2D eigenvalue weighted by Crippen LogP contribution is 2.43. The Morgan fingerprint density at radius 2 is 2.00 bits per heavy atom. The lowest BCUT2D eigenvalue weighted by atomic mass is 9.89. The van der Waals surface area contributed by atoms with E-state index in [1.165, 1.54) is 36.4 Å². The molecule has 1 N–H and O–H groups in total. The molecule has 0 radical (unpaired) electrons. The summed E-state index contributed by atoms with van der Waals surface area (Å²) in [6.45, 7) is 2.15. The molecule has 1 aliphatic carbocycles. The number of aromatic amines is 1. The zero-order valence-corrected chi connectivity index (χ0v) is 20.1. The highest BCUT2D eigenvalue weighted by atomic mass is 19.1. The molecule has 7 nitrogen and oxygen atoms in total. The molecule has 7 rings (SSSR count). The van der Waals surface area contributed by atoms with Gasteiger partial charge in [0.15, 0.2) is 5.82 Å². The Hall–Kier alpha value is -4.46. The van der Waals surface area contributed by atoms with Gasteiger partial charge in [-0.15, -0.1) is 0 Å². The molecule has 1 saturated carbocycles. The molecule has 3 aromatic heterocycles. The lowest BCUT2D eigenvalue weighted by molar-refractivity contribution is 0.305. The number of rotatable bonds is 4. The summed E-state index contributed by atoms with van der Waals surface area (Å²) in [5.41, 5.74) is 8.66. The number of H-pyrrole nitrogens is 1. The monoisotopic (exact) mass is 494 g/mol. The maximum atomic E-state index is 14.1. The Morgan fingerprint density at radius 1 is 1.14 bits per heavy atom. The van der Waals surface area contributed by atoms with Gasteiger partial charge in [-0.1, -0.05) is 29.4 Å². The third kappa shape index (κ3) is 3.76. The number of hydrogen-bond donors (Lipinski definition) is 1. The van der Waals surface area contributed by atoms with Gasteiger partial charge in [-0.2, -0.15) is 0 Å². The number of hydrogen-bond acceptors (Lipinski definition) is 5. The van der Waals surface area contributed by atoms with E-state index >= 15 is 0 Å². The molecule has 2 aliphatic rings. The summed E-state index contributed by atoms with van der Waals surface area (Å²) in [4.78, 5) is 19.2. The van der Waals surface area contributed by atoms with Gasteiger partial charge in [0.25, 0.3) is 0 Å². The third-order valence-corrected chi connectivity index (χ3v) is 7.20. The Bertz CT molecular complexity index is 1770. The van der Waals surface area contributed by atoms with Crippen LogP contribution in [0.5, 0.6) is 5.75 Å². The summed E-state index contributed by atoms with van der Waals surface area (Å²) in [6, 6.07) is 16.9. The minimum atomic E-state index is -0.630. The fourth-order valence-corrected chi connectivity index (χ4v) is 5.27. The molecule has 8 heteroatoms. The van der Waals surface area contributed by atoms with Crippen molar-refractivity contribution in [2.24, 2.45) is 0 Å². The third-order valence-electron chi connectivity index (χ3n) is 7.20. The molecule has 0 unspecified atom stereocenters. The number of nitrogens with zero attached hydrogens (tertiary/aromatic N) is 3. The molecule has 1 aliphatic heterocycles. The van der Waals surface area contributed by atoms with Crippen molar-refractivity contribution < 1.29 is 13.7 Å². The number of nitrogens with one attached hydrogen (secondary N) is 1. The van der Waals surface area contributed by atoms with Crippen molar-refractivity contribution in [2.45, 2.75) is 38.7 Å². The summed E-state index contributed by atoms with van der Waals surface area (Å²) >= 11 is 0. The number of ether oxygens (including phenoxy) is 1. The van der Waals surface area contributed by atoms with Crippen LogP contribution in [0.3, 0.4) is 0 Å². The van der Waals surface area contributed by atoms with Crippen molar-refractivity contribution in [2.75, 3.05) is 0 Å². The lowest BCUT2D eigenvalue weighted by Gasteiger charge is -2.14. The smallest absolute Gasteiger partial charge is 0.439 e. The quantitative estimate of drug-likeness (QED) is 0.357. The molecule has 184 valence electrons. The van der Waals surface area contributed by atoms with E-state index < -0.39 is 5.76 Å². The van der Waals surface area contributed by atoms with Gasteiger partial charge >= 0.3 is 5.76 Å². The first-order valence-electron chi connectivity index (χ1n) is 12.3. The number of pyridine rings is 1. The molecule has 0 atom stereocenters. The van der Waals surface area contributed by atoms with E-state index in [1.54, 1.807) is 6.07 Å². The largest absolute Gasteiger partial charge is 0.488 e. The summed E-state index contributed by atoms with van der Waals surface area (Å²) in [5, 5.41) is 3.89. The Balaban J connectivity index is 1.36. The molecule has 1 fully saturated rings. The number of allylic oxidation sites excluding steroid dienone is 1. The molecule has 0 spiro atoms. The fraction of sp³-hybridized carbons (Fsp3) is 0.207. The van der Waals surface area contributed by atoms with Gasteiger partial charge in [0, 0.05) is 35.7 Å². The van der Waals surface area contributed by atoms with Crippen LogP contribution in [0.1, 0.15) is 65.1 Å². The predicted octanol–water partition coefficient (Wildman–Crippen LogP) is 5.49. The van der Waals surface area contributed by atoms with Crippen molar-refractivity contribution in [1.29, 1.82) is 0 Å². The molecule has 0 saturated heterocycles. The van der Waals surface area contributed by atoms with Crippen LogP contribution in [0, 0.1) is 5.82 Å². The number of fused-ring (bicyclic) bond motifs is 3. The lowest BCUT2D eigenvalue weighted by Crippen LogP contribution is -2.02. The highest BCUT2D eigenvalue weighted by molar-refractivity contribution is 5.99. The van der Waals surface area contributed by atoms with Gasteiger partial charge < -0.3 is 9.14 Å². The van der Waals surface area contributed by atoms with E-state index in [0.717, 1.165) is 39.9 Å². The van der Waals surface area contributed by atoms with Crippen LogP contribution in [0.15, 0.2) is 70.1 Å². The molecular formula is C29H23FN4O3. The number of aromatic nitrogens is 4. The van der Waals surface area contributed by atoms with Crippen molar-refractivity contribution in [3.05, 3.63) is 117 Å². The molecular weight excluding hydrogens is 471 g/mol. The SMILES string of the molecule is C/C(=C1/c2ccc(Cc3c(C4CC4)nc4ccccn34)cc2COc2cc(F)ccc21)c1noc(=O)[nH]1. The van der Waals surface area contributed by atoms with Crippen molar-refractivity contribution in [3.63, 3.8) is 0 Å². The summed E-state index contributed by atoms with van der Waals surface area (Å²) in [5.74, 6) is 0.291. The zero-order chi connectivity index (χ0) is 25.1. The summed E-state index contributed by atoms with van der Waals surface area (Å²) in [6.07, 6.45) is 5.17. The second-order valence-electron chi connectivity index (χ2n) is 9.69. The zero-order valence-electron chi connectivity index (χ0n) is 20.1. The molecule has 0 bridgehead atoms. The van der Waals surface area contributed by atoms with Gasteiger partial charge in [0.2, 0.25) is 0 Å². The van der Waals surface area contributed by atoms with Gasteiger partial charge in [0.05, 0.1) is 11.4 Å². The predicted molar refractivity (Wildman–Crippen MR) is 136 cm³/mol. The number of benzene rings is 2. The number of halogens is 1. The van der Waals surface area contributed by atoms with E-state index in [-0.39, 0.29) is 12.4 Å².